The molecule has 7 rings (SSSR count). The van der Waals surface area contributed by atoms with Gasteiger partial charge in [-0.3, -0.25) is 14.4 Å². The van der Waals surface area contributed by atoms with Gasteiger partial charge in [0.25, 0.3) is 23.3 Å². The molecule has 3 heterocycles. The Balaban J connectivity index is 1.20. The molecule has 2 amide bonds. The number of nitrogens with one attached hydrogen (secondary N) is 2. The summed E-state index contributed by atoms with van der Waals surface area (Å²) in [5, 5.41) is 5.91. The van der Waals surface area contributed by atoms with E-state index >= 15 is 0 Å². The van der Waals surface area contributed by atoms with Crippen LogP contribution in [0.15, 0.2) is 41.3 Å². The Kier molecular flexibility index (Phi) is 7.72. The zero-order valence-corrected chi connectivity index (χ0v) is 25.3. The van der Waals surface area contributed by atoms with E-state index < -0.39 is 36.6 Å². The van der Waals surface area contributed by atoms with Gasteiger partial charge < -0.3 is 20.1 Å². The van der Waals surface area contributed by atoms with E-state index in [0.29, 0.717) is 23.7 Å². The Morgan fingerprint density at radius 2 is 1.76 bits per heavy atom. The first kappa shape index (κ1) is 30.0. The Labute approximate surface area is 263 Å². The van der Waals surface area contributed by atoms with Crippen molar-refractivity contribution < 1.29 is 22.8 Å². The number of carbonyl (C=O) groups excluding carboxylic acids is 2. The minimum absolute atomic E-state index is 0.00265. The summed E-state index contributed by atoms with van der Waals surface area (Å²) < 4.78 is 43.6. The molecule has 4 fully saturated rings. The lowest BCUT2D eigenvalue weighted by Gasteiger charge is -2.39. The highest BCUT2D eigenvalue weighted by atomic mass is 35.5. The average Bonchev–Trinajstić information content (AvgIpc) is 3.88. The van der Waals surface area contributed by atoms with Gasteiger partial charge in [0.1, 0.15) is 17.2 Å². The fourth-order valence-electron chi connectivity index (χ4n) is 5.99. The van der Waals surface area contributed by atoms with Crippen molar-refractivity contribution in [1.29, 1.82) is 0 Å². The third kappa shape index (κ3) is 6.37. The monoisotopic (exact) mass is 639 g/mol. The van der Waals surface area contributed by atoms with E-state index in [0.717, 1.165) is 54.8 Å². The molecule has 1 aromatic carbocycles. The number of hydrogen-bond acceptors (Lipinski definition) is 5. The molecule has 8 nitrogen and oxygen atoms in total. The number of amides is 2. The largest absolute Gasteiger partial charge is 0.326 e. The zero-order valence-electron chi connectivity index (χ0n) is 24.6. The molecule has 2 aromatic heterocycles. The maximum atomic E-state index is 14.8. The van der Waals surface area contributed by atoms with Crippen LogP contribution in [0.3, 0.4) is 0 Å². The quantitative estimate of drug-likeness (QED) is 0.278. The SMILES string of the molecule is O=C(Nc1cc(-c2cc(F)c(Cl)cc2C(=O)N2CC(F)(F)C2)cc(C2CC2)n1)c1cc(CNCC2CCC2)cn(C2CC2)c1=O. The van der Waals surface area contributed by atoms with Crippen molar-refractivity contribution in [2.45, 2.75) is 69.4 Å². The fraction of sp³-hybridized carbons (Fsp3) is 0.455. The molecule has 3 saturated carbocycles. The lowest BCUT2D eigenvalue weighted by atomic mass is 9.85. The molecule has 0 spiro atoms. The van der Waals surface area contributed by atoms with Crippen LogP contribution in [0.4, 0.5) is 19.0 Å². The molecule has 0 unspecified atom stereocenters. The number of nitrogens with zero attached hydrogens (tertiary/aromatic N) is 3. The van der Waals surface area contributed by atoms with Crippen LogP contribution in [0.25, 0.3) is 11.1 Å². The van der Waals surface area contributed by atoms with E-state index in [1.54, 1.807) is 16.7 Å². The second-order valence-corrected chi connectivity index (χ2v) is 13.3. The van der Waals surface area contributed by atoms with Gasteiger partial charge in [-0.15, -0.1) is 0 Å². The van der Waals surface area contributed by atoms with E-state index in [4.69, 9.17) is 11.6 Å². The summed E-state index contributed by atoms with van der Waals surface area (Å²) in [6, 6.07) is 7.14. The molecule has 0 radical (unpaired) electrons. The topological polar surface area (TPSA) is 96.3 Å². The van der Waals surface area contributed by atoms with Crippen molar-refractivity contribution in [2.24, 2.45) is 5.92 Å². The van der Waals surface area contributed by atoms with Gasteiger partial charge in [-0.05, 0) is 98.0 Å². The van der Waals surface area contributed by atoms with Gasteiger partial charge in [0.15, 0.2) is 0 Å². The summed E-state index contributed by atoms with van der Waals surface area (Å²) in [5.41, 5.74) is 1.58. The number of pyridine rings is 2. The molecule has 236 valence electrons. The van der Waals surface area contributed by atoms with E-state index in [1.165, 1.54) is 25.3 Å². The number of alkyl halides is 2. The number of benzene rings is 1. The van der Waals surface area contributed by atoms with Gasteiger partial charge >= 0.3 is 0 Å². The van der Waals surface area contributed by atoms with Crippen molar-refractivity contribution in [3.8, 4) is 11.1 Å². The summed E-state index contributed by atoms with van der Waals surface area (Å²) in [5.74, 6) is -4.17. The highest BCUT2D eigenvalue weighted by Gasteiger charge is 2.47. The maximum Gasteiger partial charge on any atom is 0.282 e. The molecule has 3 aliphatic carbocycles. The van der Waals surface area contributed by atoms with Gasteiger partial charge in [-0.25, -0.2) is 18.2 Å². The summed E-state index contributed by atoms with van der Waals surface area (Å²) >= 11 is 6.02. The molecule has 2 N–H and O–H groups in total. The van der Waals surface area contributed by atoms with Crippen LogP contribution in [-0.2, 0) is 6.54 Å². The predicted molar refractivity (Wildman–Crippen MR) is 163 cm³/mol. The highest BCUT2D eigenvalue weighted by Crippen LogP contribution is 2.42. The zero-order chi connectivity index (χ0) is 31.5. The van der Waals surface area contributed by atoms with E-state index in [2.05, 4.69) is 15.6 Å². The highest BCUT2D eigenvalue weighted by molar-refractivity contribution is 6.31. The third-order valence-electron chi connectivity index (χ3n) is 9.09. The van der Waals surface area contributed by atoms with Crippen LogP contribution >= 0.6 is 11.6 Å². The Bertz CT molecular complexity index is 1740. The van der Waals surface area contributed by atoms with Gasteiger partial charge in [-0.2, -0.15) is 0 Å². The Hall–Kier alpha value is -3.70. The predicted octanol–water partition coefficient (Wildman–Crippen LogP) is 6.15. The summed E-state index contributed by atoms with van der Waals surface area (Å²) in [6.45, 7) is -0.0520. The molecule has 12 heteroatoms. The second kappa shape index (κ2) is 11.6. The van der Waals surface area contributed by atoms with Crippen molar-refractivity contribution in [3.05, 3.63) is 80.1 Å². The normalized spacial score (nSPS) is 19.2. The standard InChI is InChI=1S/C33H33ClF3N5O3/c34-26-11-24(31(44)41-16-33(36,37)17-41)23(12-27(26)35)21-9-28(20-4-5-20)39-29(10-21)40-30(43)25-8-19(14-38-13-18-2-1-3-18)15-42(32(25)45)22-6-7-22/h8-12,15,18,20,22,38H,1-7,13-14,16-17H2,(H,39,40,43). The molecule has 0 bridgehead atoms. The van der Waals surface area contributed by atoms with Crippen molar-refractivity contribution in [2.75, 3.05) is 25.0 Å². The van der Waals surface area contributed by atoms with Gasteiger partial charge in [-0.1, -0.05) is 18.0 Å². The molecule has 1 aliphatic heterocycles. The number of aromatic nitrogens is 2. The number of likely N-dealkylation sites (tertiary alicyclic amines) is 1. The first-order chi connectivity index (χ1) is 21.5. The molecule has 3 aromatic rings. The average molecular weight is 640 g/mol. The molecule has 1 saturated heterocycles. The van der Waals surface area contributed by atoms with Crippen LogP contribution in [0.5, 0.6) is 0 Å². The van der Waals surface area contributed by atoms with Crippen LogP contribution in [0, 0.1) is 11.7 Å². The summed E-state index contributed by atoms with van der Waals surface area (Å²) in [4.78, 5) is 45.9. The molecule has 0 atom stereocenters. The molecule has 4 aliphatic rings. The number of rotatable bonds is 10. The Morgan fingerprint density at radius 3 is 2.40 bits per heavy atom. The van der Waals surface area contributed by atoms with E-state index in [1.807, 2.05) is 6.20 Å². The van der Waals surface area contributed by atoms with Crippen molar-refractivity contribution >= 4 is 29.2 Å². The minimum atomic E-state index is -2.98. The first-order valence-electron chi connectivity index (χ1n) is 15.5. The van der Waals surface area contributed by atoms with Gasteiger partial charge in [0.2, 0.25) is 0 Å². The summed E-state index contributed by atoms with van der Waals surface area (Å²) in [6.07, 6.45) is 9.00. The number of halogens is 4. The first-order valence-corrected chi connectivity index (χ1v) is 15.9. The van der Waals surface area contributed by atoms with Crippen molar-refractivity contribution in [3.63, 3.8) is 0 Å². The third-order valence-corrected chi connectivity index (χ3v) is 9.38. The Morgan fingerprint density at radius 1 is 1.00 bits per heavy atom. The van der Waals surface area contributed by atoms with Crippen LogP contribution < -0.4 is 16.2 Å². The van der Waals surface area contributed by atoms with Crippen LogP contribution in [0.1, 0.15) is 88.9 Å². The lowest BCUT2D eigenvalue weighted by molar-refractivity contribution is -0.113. The molecular weight excluding hydrogens is 607 g/mol. The maximum absolute atomic E-state index is 14.8. The minimum Gasteiger partial charge on any atom is -0.326 e. The number of carbonyl (C=O) groups is 2. The van der Waals surface area contributed by atoms with Crippen molar-refractivity contribution in [1.82, 2.24) is 19.8 Å². The van der Waals surface area contributed by atoms with Gasteiger partial charge in [0, 0.05) is 36.0 Å². The lowest BCUT2D eigenvalue weighted by Crippen LogP contribution is -2.58. The second-order valence-electron chi connectivity index (χ2n) is 12.9. The molecule has 45 heavy (non-hydrogen) atoms. The fourth-order valence-corrected chi connectivity index (χ4v) is 6.16. The van der Waals surface area contributed by atoms with Crippen LogP contribution in [0.2, 0.25) is 5.02 Å². The smallest absolute Gasteiger partial charge is 0.282 e. The van der Waals surface area contributed by atoms with E-state index in [9.17, 15) is 27.6 Å². The number of hydrogen-bond donors (Lipinski definition) is 2. The summed E-state index contributed by atoms with van der Waals surface area (Å²) in [7, 11) is 0. The number of anilines is 1. The van der Waals surface area contributed by atoms with E-state index in [-0.39, 0.29) is 45.0 Å². The van der Waals surface area contributed by atoms with Crippen LogP contribution in [-0.4, -0.2) is 51.8 Å². The molecular formula is C33H33ClF3N5O3. The van der Waals surface area contributed by atoms with Gasteiger partial charge in [0.05, 0.1) is 18.1 Å².